The first-order chi connectivity index (χ1) is 7.10. The highest BCUT2D eigenvalue weighted by atomic mass is 16.5. The van der Waals surface area contributed by atoms with E-state index in [1.807, 2.05) is 6.92 Å². The molecule has 1 unspecified atom stereocenters. The van der Waals surface area contributed by atoms with Crippen molar-refractivity contribution < 1.29 is 14.3 Å². The van der Waals surface area contributed by atoms with Crippen LogP contribution in [0.5, 0.6) is 0 Å². The second-order valence-electron chi connectivity index (χ2n) is 4.07. The maximum atomic E-state index is 11.9. The molecule has 0 aromatic carbocycles. The summed E-state index contributed by atoms with van der Waals surface area (Å²) in [4.78, 5) is 23.0. The van der Waals surface area contributed by atoms with Gasteiger partial charge in [-0.05, 0) is 19.8 Å². The second kappa shape index (κ2) is 5.10. The molecule has 1 rings (SSSR count). The van der Waals surface area contributed by atoms with Gasteiger partial charge in [0.05, 0.1) is 13.5 Å². The summed E-state index contributed by atoms with van der Waals surface area (Å²) >= 11 is 0. The molecule has 0 saturated heterocycles. The summed E-state index contributed by atoms with van der Waals surface area (Å²) < 4.78 is 4.58. The molecule has 15 heavy (non-hydrogen) atoms. The molecule has 0 aliphatic heterocycles. The predicted octanol–water partition coefficient (Wildman–Crippen LogP) is 2.26. The molecule has 0 radical (unpaired) electrons. The van der Waals surface area contributed by atoms with E-state index in [2.05, 4.69) is 11.7 Å². The zero-order valence-electron chi connectivity index (χ0n) is 9.63. The molecule has 0 fully saturated rings. The molecule has 0 N–H and O–H groups in total. The first-order valence-corrected chi connectivity index (χ1v) is 5.39. The van der Waals surface area contributed by atoms with Crippen molar-refractivity contribution >= 4 is 11.8 Å². The quantitative estimate of drug-likeness (QED) is 0.668. The molecule has 0 bridgehead atoms. The lowest BCUT2D eigenvalue weighted by atomic mass is 9.97. The Morgan fingerprint density at radius 2 is 2.20 bits per heavy atom. The molecule has 3 heteroatoms. The average Bonchev–Trinajstić information content (AvgIpc) is 2.46. The Morgan fingerprint density at radius 3 is 2.73 bits per heavy atom. The highest BCUT2D eigenvalue weighted by molar-refractivity contribution is 6.03. The van der Waals surface area contributed by atoms with Crippen LogP contribution >= 0.6 is 0 Å². The van der Waals surface area contributed by atoms with Gasteiger partial charge in [-0.3, -0.25) is 9.59 Å². The van der Waals surface area contributed by atoms with Crippen LogP contribution in [0.2, 0.25) is 0 Å². The standard InChI is InChI=1S/C12H18O3/c1-4-5-9-6-8(2)10(12(9)14)7-11(13)15-3/h9H,4-7H2,1-3H3. The molecule has 84 valence electrons. The summed E-state index contributed by atoms with van der Waals surface area (Å²) in [6.07, 6.45) is 2.89. The number of carbonyl (C=O) groups excluding carboxylic acids is 2. The number of rotatable bonds is 4. The average molecular weight is 210 g/mol. The first-order valence-electron chi connectivity index (χ1n) is 5.39. The van der Waals surface area contributed by atoms with Gasteiger partial charge in [-0.15, -0.1) is 0 Å². The lowest BCUT2D eigenvalue weighted by Crippen LogP contribution is -2.13. The summed E-state index contributed by atoms with van der Waals surface area (Å²) in [6, 6.07) is 0. The Balaban J connectivity index is 2.68. The van der Waals surface area contributed by atoms with Crippen LogP contribution in [-0.2, 0) is 14.3 Å². The van der Waals surface area contributed by atoms with Crippen molar-refractivity contribution in [1.29, 1.82) is 0 Å². The van der Waals surface area contributed by atoms with Crippen LogP contribution in [-0.4, -0.2) is 18.9 Å². The predicted molar refractivity (Wildman–Crippen MR) is 57.4 cm³/mol. The van der Waals surface area contributed by atoms with Crippen LogP contribution in [0.25, 0.3) is 0 Å². The lowest BCUT2D eigenvalue weighted by Gasteiger charge is -2.06. The van der Waals surface area contributed by atoms with Crippen molar-refractivity contribution in [2.24, 2.45) is 5.92 Å². The number of Topliss-reactive ketones (excluding diaryl/α,β-unsaturated/α-hetero) is 1. The van der Waals surface area contributed by atoms with E-state index in [0.29, 0.717) is 5.57 Å². The minimum atomic E-state index is -0.324. The number of hydrogen-bond acceptors (Lipinski definition) is 3. The normalized spacial score (nSPS) is 21.0. The van der Waals surface area contributed by atoms with E-state index >= 15 is 0 Å². The van der Waals surface area contributed by atoms with Crippen molar-refractivity contribution in [2.45, 2.75) is 39.5 Å². The lowest BCUT2D eigenvalue weighted by molar-refractivity contribution is -0.140. The van der Waals surface area contributed by atoms with E-state index in [-0.39, 0.29) is 24.1 Å². The summed E-state index contributed by atoms with van der Waals surface area (Å²) in [6.45, 7) is 4.01. The van der Waals surface area contributed by atoms with Gasteiger partial charge in [-0.1, -0.05) is 18.9 Å². The maximum absolute atomic E-state index is 11.9. The topological polar surface area (TPSA) is 43.4 Å². The molecular weight excluding hydrogens is 192 g/mol. The number of esters is 1. The van der Waals surface area contributed by atoms with Gasteiger partial charge in [0.1, 0.15) is 0 Å². The van der Waals surface area contributed by atoms with Gasteiger partial charge in [0.25, 0.3) is 0 Å². The molecule has 0 aromatic rings. The van der Waals surface area contributed by atoms with Crippen LogP contribution in [0, 0.1) is 5.92 Å². The summed E-state index contributed by atoms with van der Waals surface area (Å²) in [5, 5.41) is 0. The minimum absolute atomic E-state index is 0.106. The van der Waals surface area contributed by atoms with E-state index < -0.39 is 0 Å². The van der Waals surface area contributed by atoms with Gasteiger partial charge in [0.2, 0.25) is 0 Å². The Bertz CT molecular complexity index is 302. The fourth-order valence-corrected chi connectivity index (χ4v) is 2.08. The molecule has 0 saturated carbocycles. The van der Waals surface area contributed by atoms with E-state index in [1.165, 1.54) is 7.11 Å². The van der Waals surface area contributed by atoms with Crippen LogP contribution in [0.4, 0.5) is 0 Å². The largest absolute Gasteiger partial charge is 0.469 e. The first kappa shape index (κ1) is 12.0. The molecular formula is C12H18O3. The van der Waals surface area contributed by atoms with Crippen molar-refractivity contribution in [1.82, 2.24) is 0 Å². The van der Waals surface area contributed by atoms with Crippen LogP contribution in [0.15, 0.2) is 11.1 Å². The Morgan fingerprint density at radius 1 is 1.53 bits per heavy atom. The number of allylic oxidation sites excluding steroid dienone is 1. The number of methoxy groups -OCH3 is 1. The Kier molecular flexibility index (Phi) is 4.06. The van der Waals surface area contributed by atoms with E-state index in [9.17, 15) is 9.59 Å². The van der Waals surface area contributed by atoms with E-state index in [0.717, 1.165) is 24.8 Å². The van der Waals surface area contributed by atoms with Gasteiger partial charge < -0.3 is 4.74 Å². The minimum Gasteiger partial charge on any atom is -0.469 e. The number of ether oxygens (including phenoxy) is 1. The third kappa shape index (κ3) is 2.67. The summed E-state index contributed by atoms with van der Waals surface area (Å²) in [5.74, 6) is -0.0655. The number of hydrogen-bond donors (Lipinski definition) is 0. The Hall–Kier alpha value is -1.12. The molecule has 3 nitrogen and oxygen atoms in total. The van der Waals surface area contributed by atoms with Gasteiger partial charge in [-0.25, -0.2) is 0 Å². The monoisotopic (exact) mass is 210 g/mol. The molecule has 0 aromatic heterocycles. The summed E-state index contributed by atoms with van der Waals surface area (Å²) in [7, 11) is 1.35. The molecule has 0 heterocycles. The van der Waals surface area contributed by atoms with Crippen LogP contribution in [0.1, 0.15) is 39.5 Å². The molecule has 1 aliphatic carbocycles. The molecule has 1 aliphatic rings. The van der Waals surface area contributed by atoms with Gasteiger partial charge >= 0.3 is 5.97 Å². The SMILES string of the molecule is CCCC1CC(C)=C(CC(=O)OC)C1=O. The van der Waals surface area contributed by atoms with E-state index in [1.54, 1.807) is 0 Å². The second-order valence-corrected chi connectivity index (χ2v) is 4.07. The van der Waals surface area contributed by atoms with E-state index in [4.69, 9.17) is 0 Å². The van der Waals surface area contributed by atoms with Gasteiger partial charge in [-0.2, -0.15) is 0 Å². The van der Waals surface area contributed by atoms with Crippen molar-refractivity contribution in [2.75, 3.05) is 7.11 Å². The third-order valence-electron chi connectivity index (χ3n) is 2.92. The summed E-state index contributed by atoms with van der Waals surface area (Å²) in [5.41, 5.74) is 1.74. The fourth-order valence-electron chi connectivity index (χ4n) is 2.08. The number of ketones is 1. The van der Waals surface area contributed by atoms with Crippen LogP contribution in [0.3, 0.4) is 0 Å². The Labute approximate surface area is 90.5 Å². The zero-order chi connectivity index (χ0) is 11.4. The molecule has 0 spiro atoms. The highest BCUT2D eigenvalue weighted by Gasteiger charge is 2.31. The molecule has 1 atom stereocenters. The third-order valence-corrected chi connectivity index (χ3v) is 2.92. The smallest absolute Gasteiger partial charge is 0.310 e. The van der Waals surface area contributed by atoms with Crippen molar-refractivity contribution in [3.8, 4) is 0 Å². The highest BCUT2D eigenvalue weighted by Crippen LogP contribution is 2.32. The van der Waals surface area contributed by atoms with Crippen molar-refractivity contribution in [3.05, 3.63) is 11.1 Å². The zero-order valence-corrected chi connectivity index (χ0v) is 9.63. The van der Waals surface area contributed by atoms with Gasteiger partial charge in [0, 0.05) is 11.5 Å². The van der Waals surface area contributed by atoms with Gasteiger partial charge in [0.15, 0.2) is 5.78 Å². The molecule has 0 amide bonds. The van der Waals surface area contributed by atoms with Crippen molar-refractivity contribution in [3.63, 3.8) is 0 Å². The fraction of sp³-hybridized carbons (Fsp3) is 0.667. The van der Waals surface area contributed by atoms with Crippen LogP contribution < -0.4 is 0 Å². The number of carbonyl (C=O) groups is 2. The maximum Gasteiger partial charge on any atom is 0.310 e.